The van der Waals surface area contributed by atoms with Gasteiger partial charge in [-0.15, -0.1) is 0 Å². The molecule has 0 amide bonds. The second-order valence-corrected chi connectivity index (χ2v) is 5.16. The van der Waals surface area contributed by atoms with Crippen molar-refractivity contribution >= 4 is 0 Å². The predicted molar refractivity (Wildman–Crippen MR) is 77.0 cm³/mol. The zero-order valence-corrected chi connectivity index (χ0v) is 12.0. The van der Waals surface area contributed by atoms with Crippen molar-refractivity contribution in [3.8, 4) is 11.5 Å². The molecule has 1 aromatic carbocycles. The van der Waals surface area contributed by atoms with Crippen molar-refractivity contribution in [2.75, 3.05) is 26.8 Å². The van der Waals surface area contributed by atoms with Gasteiger partial charge in [0.15, 0.2) is 11.5 Å². The number of rotatable bonds is 5. The van der Waals surface area contributed by atoms with E-state index in [1.165, 1.54) is 5.56 Å². The summed E-state index contributed by atoms with van der Waals surface area (Å²) in [6.07, 6.45) is 0.939. The Hall–Kier alpha value is -1.26. The molecule has 0 fully saturated rings. The van der Waals surface area contributed by atoms with Crippen molar-refractivity contribution in [3.05, 3.63) is 23.8 Å². The Bertz CT molecular complexity index is 407. The lowest BCUT2D eigenvalue weighted by Crippen LogP contribution is -2.33. The van der Waals surface area contributed by atoms with Crippen molar-refractivity contribution in [3.63, 3.8) is 0 Å². The van der Waals surface area contributed by atoms with Crippen LogP contribution in [0.25, 0.3) is 0 Å². The molecule has 0 bridgehead atoms. The van der Waals surface area contributed by atoms with Gasteiger partial charge in [0.05, 0.1) is 13.2 Å². The van der Waals surface area contributed by atoms with Crippen molar-refractivity contribution in [1.82, 2.24) is 10.6 Å². The van der Waals surface area contributed by atoms with E-state index in [9.17, 15) is 0 Å². The van der Waals surface area contributed by atoms with Crippen LogP contribution in [0.2, 0.25) is 0 Å². The van der Waals surface area contributed by atoms with Gasteiger partial charge in [-0.05, 0) is 24.7 Å². The summed E-state index contributed by atoms with van der Waals surface area (Å²) in [5, 5.41) is 6.79. The Balaban J connectivity index is 2.12. The third kappa shape index (κ3) is 3.85. The number of hydrogen-bond donors (Lipinski definition) is 2. The largest absolute Gasteiger partial charge is 0.490 e. The first-order chi connectivity index (χ1) is 9.20. The lowest BCUT2D eigenvalue weighted by molar-refractivity contribution is 0.297. The molecule has 0 spiro atoms. The van der Waals surface area contributed by atoms with E-state index >= 15 is 0 Å². The molecular weight excluding hydrogens is 240 g/mol. The smallest absolute Gasteiger partial charge is 0.161 e. The molecular formula is C15H24N2O2. The van der Waals surface area contributed by atoms with Crippen LogP contribution >= 0.6 is 0 Å². The fraction of sp³-hybridized carbons (Fsp3) is 0.600. The predicted octanol–water partition coefficient (Wildman–Crippen LogP) is 2.11. The molecule has 19 heavy (non-hydrogen) atoms. The van der Waals surface area contributed by atoms with Gasteiger partial charge in [0.1, 0.15) is 0 Å². The van der Waals surface area contributed by atoms with E-state index < -0.39 is 0 Å². The molecule has 0 aromatic heterocycles. The summed E-state index contributed by atoms with van der Waals surface area (Å²) < 4.78 is 11.4. The Morgan fingerprint density at radius 2 is 1.89 bits per heavy atom. The van der Waals surface area contributed by atoms with Gasteiger partial charge < -0.3 is 20.1 Å². The summed E-state index contributed by atoms with van der Waals surface area (Å²) in [6, 6.07) is 6.96. The van der Waals surface area contributed by atoms with Gasteiger partial charge in [-0.1, -0.05) is 19.9 Å². The maximum atomic E-state index is 5.74. The van der Waals surface area contributed by atoms with Crippen LogP contribution in [0.4, 0.5) is 0 Å². The number of nitrogens with one attached hydrogen (secondary N) is 2. The summed E-state index contributed by atoms with van der Waals surface area (Å²) in [5.41, 5.74) is 1.22. The molecule has 4 heteroatoms. The first-order valence-corrected chi connectivity index (χ1v) is 7.01. The highest BCUT2D eigenvalue weighted by molar-refractivity contribution is 5.44. The van der Waals surface area contributed by atoms with Crippen molar-refractivity contribution in [2.24, 2.45) is 0 Å². The third-order valence-corrected chi connectivity index (χ3v) is 3.25. The Morgan fingerprint density at radius 3 is 2.58 bits per heavy atom. The van der Waals surface area contributed by atoms with Crippen LogP contribution in [0.1, 0.15) is 31.9 Å². The highest BCUT2D eigenvalue weighted by atomic mass is 16.5. The van der Waals surface area contributed by atoms with Crippen molar-refractivity contribution < 1.29 is 9.47 Å². The average Bonchev–Trinajstić information content (AvgIpc) is 2.63. The van der Waals surface area contributed by atoms with Crippen LogP contribution in [0.15, 0.2) is 18.2 Å². The quantitative estimate of drug-likeness (QED) is 0.855. The number of likely N-dealkylation sites (N-methyl/N-ethyl adjacent to an activating group) is 1. The molecule has 1 unspecified atom stereocenters. The standard InChI is InChI=1S/C15H24N2O2/c1-11(2)17-10-13(16-3)12-5-6-14-15(9-12)19-8-4-7-18-14/h5-6,9,11,13,16-17H,4,7-8,10H2,1-3H3. The SMILES string of the molecule is CNC(CNC(C)C)c1ccc2c(c1)OCCCO2. The molecule has 1 heterocycles. The maximum absolute atomic E-state index is 5.74. The van der Waals surface area contributed by atoms with Gasteiger partial charge in [-0.3, -0.25) is 0 Å². The van der Waals surface area contributed by atoms with E-state index in [1.807, 2.05) is 13.1 Å². The molecule has 0 saturated carbocycles. The van der Waals surface area contributed by atoms with E-state index in [1.54, 1.807) is 0 Å². The molecule has 0 aliphatic carbocycles. The number of benzene rings is 1. The van der Waals surface area contributed by atoms with Gasteiger partial charge in [0, 0.05) is 25.0 Å². The Labute approximate surface area is 115 Å². The van der Waals surface area contributed by atoms with Crippen LogP contribution in [0, 0.1) is 0 Å². The zero-order chi connectivity index (χ0) is 13.7. The number of ether oxygens (including phenoxy) is 2. The molecule has 0 radical (unpaired) electrons. The van der Waals surface area contributed by atoms with E-state index in [0.717, 1.165) is 37.7 Å². The molecule has 2 rings (SSSR count). The molecule has 1 aliphatic rings. The van der Waals surface area contributed by atoms with Crippen LogP contribution < -0.4 is 20.1 Å². The number of hydrogen-bond acceptors (Lipinski definition) is 4. The first kappa shape index (κ1) is 14.2. The van der Waals surface area contributed by atoms with E-state index in [-0.39, 0.29) is 6.04 Å². The van der Waals surface area contributed by atoms with Gasteiger partial charge in [-0.25, -0.2) is 0 Å². The summed E-state index contributed by atoms with van der Waals surface area (Å²) in [5.74, 6) is 1.72. The number of fused-ring (bicyclic) bond motifs is 1. The topological polar surface area (TPSA) is 42.5 Å². The van der Waals surface area contributed by atoms with Gasteiger partial charge in [0.25, 0.3) is 0 Å². The maximum Gasteiger partial charge on any atom is 0.161 e. The summed E-state index contributed by atoms with van der Waals surface area (Å²) in [6.45, 7) is 6.66. The van der Waals surface area contributed by atoms with E-state index in [0.29, 0.717) is 6.04 Å². The molecule has 4 nitrogen and oxygen atoms in total. The van der Waals surface area contributed by atoms with Crippen molar-refractivity contribution in [2.45, 2.75) is 32.4 Å². The molecule has 1 atom stereocenters. The summed E-state index contributed by atoms with van der Waals surface area (Å²) in [4.78, 5) is 0. The van der Waals surface area contributed by atoms with Crippen LogP contribution in [-0.2, 0) is 0 Å². The van der Waals surface area contributed by atoms with Crippen molar-refractivity contribution in [1.29, 1.82) is 0 Å². The van der Waals surface area contributed by atoms with Crippen LogP contribution in [-0.4, -0.2) is 32.8 Å². The first-order valence-electron chi connectivity index (χ1n) is 7.01. The minimum atomic E-state index is 0.277. The molecule has 2 N–H and O–H groups in total. The average molecular weight is 264 g/mol. The lowest BCUT2D eigenvalue weighted by atomic mass is 10.1. The fourth-order valence-corrected chi connectivity index (χ4v) is 2.14. The second-order valence-electron chi connectivity index (χ2n) is 5.16. The van der Waals surface area contributed by atoms with E-state index in [2.05, 4.69) is 36.6 Å². The van der Waals surface area contributed by atoms with Crippen LogP contribution in [0.3, 0.4) is 0 Å². The lowest BCUT2D eigenvalue weighted by Gasteiger charge is -2.20. The Morgan fingerprint density at radius 1 is 1.16 bits per heavy atom. The minimum absolute atomic E-state index is 0.277. The van der Waals surface area contributed by atoms with Gasteiger partial charge >= 0.3 is 0 Å². The summed E-state index contributed by atoms with van der Waals surface area (Å²) in [7, 11) is 1.98. The third-order valence-electron chi connectivity index (χ3n) is 3.25. The molecule has 0 saturated heterocycles. The zero-order valence-electron chi connectivity index (χ0n) is 12.0. The molecule has 1 aliphatic heterocycles. The minimum Gasteiger partial charge on any atom is -0.490 e. The second kappa shape index (κ2) is 6.78. The van der Waals surface area contributed by atoms with Crippen LogP contribution in [0.5, 0.6) is 11.5 Å². The molecule has 1 aromatic rings. The highest BCUT2D eigenvalue weighted by Crippen LogP contribution is 2.32. The normalized spacial score (nSPS) is 16.2. The Kier molecular flexibility index (Phi) is 5.05. The monoisotopic (exact) mass is 264 g/mol. The summed E-state index contributed by atoms with van der Waals surface area (Å²) >= 11 is 0. The molecule has 106 valence electrons. The fourth-order valence-electron chi connectivity index (χ4n) is 2.14. The van der Waals surface area contributed by atoms with Gasteiger partial charge in [0.2, 0.25) is 0 Å². The van der Waals surface area contributed by atoms with Gasteiger partial charge in [-0.2, -0.15) is 0 Å². The highest BCUT2D eigenvalue weighted by Gasteiger charge is 2.15. The van der Waals surface area contributed by atoms with E-state index in [4.69, 9.17) is 9.47 Å².